The first kappa shape index (κ1) is 16.6. The first-order chi connectivity index (χ1) is 13.1. The molecule has 138 valence electrons. The summed E-state index contributed by atoms with van der Waals surface area (Å²) in [6, 6.07) is 8.70. The Hall–Kier alpha value is -2.51. The number of halogens is 2. The number of anilines is 3. The molecule has 3 aromatic rings. The van der Waals surface area contributed by atoms with Crippen molar-refractivity contribution in [2.75, 3.05) is 29.9 Å². The summed E-state index contributed by atoms with van der Waals surface area (Å²) in [6.45, 7) is 2.99. The molecule has 0 saturated carbocycles. The topological polar surface area (TPSA) is 66.0 Å². The molecule has 2 saturated heterocycles. The molecule has 8 heteroatoms. The fraction of sp³-hybridized carbons (Fsp3) is 0.316. The SMILES string of the molecule is Fc1c(Cl)cccc1Nc1ncnc2ccc(N3CC4(CCCN4)C3)nc12. The number of pyridine rings is 1. The van der Waals surface area contributed by atoms with Crippen LogP contribution in [0.1, 0.15) is 12.8 Å². The molecule has 0 atom stereocenters. The van der Waals surface area contributed by atoms with Gasteiger partial charge in [0.1, 0.15) is 17.7 Å². The van der Waals surface area contributed by atoms with E-state index in [4.69, 9.17) is 16.6 Å². The van der Waals surface area contributed by atoms with Gasteiger partial charge in [0.15, 0.2) is 11.6 Å². The summed E-state index contributed by atoms with van der Waals surface area (Å²) >= 11 is 5.87. The quantitative estimate of drug-likeness (QED) is 0.720. The summed E-state index contributed by atoms with van der Waals surface area (Å²) in [5.41, 5.74) is 1.81. The monoisotopic (exact) mass is 384 g/mol. The van der Waals surface area contributed by atoms with E-state index < -0.39 is 5.82 Å². The van der Waals surface area contributed by atoms with E-state index in [-0.39, 0.29) is 16.2 Å². The summed E-state index contributed by atoms with van der Waals surface area (Å²) in [6.07, 6.45) is 3.88. The van der Waals surface area contributed by atoms with Crippen molar-refractivity contribution in [3.63, 3.8) is 0 Å². The molecular weight excluding hydrogens is 367 g/mol. The van der Waals surface area contributed by atoms with Gasteiger partial charge in [-0.2, -0.15) is 0 Å². The van der Waals surface area contributed by atoms with Crippen LogP contribution in [0.3, 0.4) is 0 Å². The smallest absolute Gasteiger partial charge is 0.165 e. The zero-order chi connectivity index (χ0) is 18.4. The molecule has 5 rings (SSSR count). The number of fused-ring (bicyclic) bond motifs is 1. The number of aromatic nitrogens is 3. The van der Waals surface area contributed by atoms with Crippen LogP contribution in [0.15, 0.2) is 36.7 Å². The molecule has 6 nitrogen and oxygen atoms in total. The molecule has 2 aliphatic rings. The highest BCUT2D eigenvalue weighted by molar-refractivity contribution is 6.31. The van der Waals surface area contributed by atoms with Gasteiger partial charge in [0.05, 0.1) is 21.8 Å². The summed E-state index contributed by atoms with van der Waals surface area (Å²) in [7, 11) is 0. The van der Waals surface area contributed by atoms with E-state index in [1.165, 1.54) is 25.2 Å². The first-order valence-electron chi connectivity index (χ1n) is 8.96. The lowest BCUT2D eigenvalue weighted by Crippen LogP contribution is -2.67. The Morgan fingerprint density at radius 1 is 1.19 bits per heavy atom. The van der Waals surface area contributed by atoms with Crippen molar-refractivity contribution in [3.8, 4) is 0 Å². The lowest BCUT2D eigenvalue weighted by molar-refractivity contribution is 0.293. The molecule has 2 aliphatic heterocycles. The third kappa shape index (κ3) is 2.87. The standard InChI is InChI=1S/C19H18ClFN6/c20-12-3-1-4-13(16(12)21)25-18-17-14(22-11-23-18)5-6-15(26-17)27-9-19(10-27)7-2-8-24-19/h1,3-6,11,24H,2,7-10H2,(H,22,23,25). The minimum absolute atomic E-state index is 0.0574. The number of hydrogen-bond donors (Lipinski definition) is 2. The highest BCUT2D eigenvalue weighted by Gasteiger charge is 2.45. The van der Waals surface area contributed by atoms with Crippen LogP contribution >= 0.6 is 11.6 Å². The van der Waals surface area contributed by atoms with E-state index in [2.05, 4.69) is 25.5 Å². The Bertz CT molecular complexity index is 1010. The zero-order valence-electron chi connectivity index (χ0n) is 14.5. The average Bonchev–Trinajstić information content (AvgIpc) is 3.14. The van der Waals surface area contributed by atoms with Crippen LogP contribution in [0.25, 0.3) is 11.0 Å². The molecule has 1 aromatic carbocycles. The second kappa shape index (κ2) is 6.28. The van der Waals surface area contributed by atoms with Crippen LogP contribution in [0.4, 0.5) is 21.7 Å². The molecule has 0 bridgehead atoms. The summed E-state index contributed by atoms with van der Waals surface area (Å²) < 4.78 is 14.3. The summed E-state index contributed by atoms with van der Waals surface area (Å²) in [5, 5.41) is 6.66. The molecule has 27 heavy (non-hydrogen) atoms. The van der Waals surface area contributed by atoms with Gasteiger partial charge in [-0.1, -0.05) is 17.7 Å². The molecule has 2 fully saturated rings. The van der Waals surface area contributed by atoms with E-state index in [0.29, 0.717) is 16.9 Å². The van der Waals surface area contributed by atoms with Gasteiger partial charge < -0.3 is 15.5 Å². The van der Waals surface area contributed by atoms with Gasteiger partial charge in [-0.15, -0.1) is 0 Å². The number of nitrogens with zero attached hydrogens (tertiary/aromatic N) is 4. The largest absolute Gasteiger partial charge is 0.353 e. The molecule has 1 spiro atoms. The van der Waals surface area contributed by atoms with Crippen LogP contribution in [-0.2, 0) is 0 Å². The van der Waals surface area contributed by atoms with Gasteiger partial charge in [0, 0.05) is 13.1 Å². The Kier molecular flexibility index (Phi) is 3.87. The average molecular weight is 385 g/mol. The minimum atomic E-state index is -0.515. The van der Waals surface area contributed by atoms with Crippen LogP contribution in [-0.4, -0.2) is 40.1 Å². The van der Waals surface area contributed by atoms with Crippen molar-refractivity contribution in [1.82, 2.24) is 20.3 Å². The van der Waals surface area contributed by atoms with Gasteiger partial charge >= 0.3 is 0 Å². The third-order valence-electron chi connectivity index (χ3n) is 5.32. The number of rotatable bonds is 3. The summed E-state index contributed by atoms with van der Waals surface area (Å²) in [5.74, 6) is 0.822. The maximum absolute atomic E-state index is 14.3. The van der Waals surface area contributed by atoms with Gasteiger partial charge in [-0.25, -0.2) is 19.3 Å². The van der Waals surface area contributed by atoms with Gasteiger partial charge in [0.25, 0.3) is 0 Å². The lowest BCUT2D eigenvalue weighted by Gasteiger charge is -2.49. The fourth-order valence-corrected chi connectivity index (χ4v) is 4.08. The normalized spacial score (nSPS) is 18.1. The highest BCUT2D eigenvalue weighted by Crippen LogP contribution is 2.34. The Morgan fingerprint density at radius 3 is 2.89 bits per heavy atom. The maximum Gasteiger partial charge on any atom is 0.165 e. The van der Waals surface area contributed by atoms with E-state index in [1.807, 2.05) is 12.1 Å². The van der Waals surface area contributed by atoms with Crippen LogP contribution in [0, 0.1) is 5.82 Å². The van der Waals surface area contributed by atoms with Crippen molar-refractivity contribution in [2.24, 2.45) is 0 Å². The van der Waals surface area contributed by atoms with Crippen LogP contribution < -0.4 is 15.5 Å². The predicted molar refractivity (Wildman–Crippen MR) is 104 cm³/mol. The molecule has 2 aromatic heterocycles. The van der Waals surface area contributed by atoms with Crippen LogP contribution in [0.2, 0.25) is 5.02 Å². The Balaban J connectivity index is 1.47. The minimum Gasteiger partial charge on any atom is -0.353 e. The molecule has 0 unspecified atom stereocenters. The molecular formula is C19H18ClFN6. The predicted octanol–water partition coefficient (Wildman–Crippen LogP) is 3.50. The number of nitrogens with one attached hydrogen (secondary N) is 2. The zero-order valence-corrected chi connectivity index (χ0v) is 15.3. The molecule has 0 aliphatic carbocycles. The number of hydrogen-bond acceptors (Lipinski definition) is 6. The highest BCUT2D eigenvalue weighted by atomic mass is 35.5. The molecule has 0 amide bonds. The lowest BCUT2D eigenvalue weighted by atomic mass is 9.88. The van der Waals surface area contributed by atoms with Gasteiger partial charge in [0.2, 0.25) is 0 Å². The van der Waals surface area contributed by atoms with Gasteiger partial charge in [-0.05, 0) is 43.7 Å². The Labute approximate surface area is 160 Å². The third-order valence-corrected chi connectivity index (χ3v) is 5.61. The van der Waals surface area contributed by atoms with E-state index in [1.54, 1.807) is 12.1 Å². The maximum atomic E-state index is 14.3. The first-order valence-corrected chi connectivity index (χ1v) is 9.34. The summed E-state index contributed by atoms with van der Waals surface area (Å²) in [4.78, 5) is 15.5. The van der Waals surface area contributed by atoms with E-state index in [0.717, 1.165) is 25.5 Å². The van der Waals surface area contributed by atoms with Crippen molar-refractivity contribution < 1.29 is 4.39 Å². The van der Waals surface area contributed by atoms with Crippen molar-refractivity contribution in [1.29, 1.82) is 0 Å². The van der Waals surface area contributed by atoms with Crippen molar-refractivity contribution in [3.05, 3.63) is 47.5 Å². The van der Waals surface area contributed by atoms with E-state index in [9.17, 15) is 4.39 Å². The van der Waals surface area contributed by atoms with Crippen LogP contribution in [0.5, 0.6) is 0 Å². The fourth-order valence-electron chi connectivity index (χ4n) is 3.91. The number of benzene rings is 1. The van der Waals surface area contributed by atoms with Crippen molar-refractivity contribution >= 4 is 40.0 Å². The second-order valence-electron chi connectivity index (χ2n) is 7.15. The molecule has 2 N–H and O–H groups in total. The molecule has 0 radical (unpaired) electrons. The van der Waals surface area contributed by atoms with Crippen molar-refractivity contribution in [2.45, 2.75) is 18.4 Å². The van der Waals surface area contributed by atoms with Gasteiger partial charge in [-0.3, -0.25) is 0 Å². The second-order valence-corrected chi connectivity index (χ2v) is 7.56. The molecule has 4 heterocycles. The Morgan fingerprint density at radius 2 is 2.07 bits per heavy atom. The van der Waals surface area contributed by atoms with E-state index >= 15 is 0 Å².